The van der Waals surface area contributed by atoms with Crippen LogP contribution in [0.15, 0.2) is 21.7 Å². The van der Waals surface area contributed by atoms with Gasteiger partial charge < -0.3 is 10.6 Å². The zero-order chi connectivity index (χ0) is 15.7. The van der Waals surface area contributed by atoms with Gasteiger partial charge in [0.15, 0.2) is 0 Å². The zero-order valence-electron chi connectivity index (χ0n) is 12.8. The number of nitrogens with two attached hydrogens (primary N) is 1. The van der Waals surface area contributed by atoms with Crippen molar-refractivity contribution in [3.05, 3.63) is 17.5 Å². The molecule has 2 fully saturated rings. The number of nitrogens with zero attached hydrogens (tertiary/aromatic N) is 2. The highest BCUT2D eigenvalue weighted by molar-refractivity contribution is 7.91. The third-order valence-electron chi connectivity index (χ3n) is 4.40. The Balaban J connectivity index is 0.00000192. The van der Waals surface area contributed by atoms with Gasteiger partial charge in [-0.2, -0.15) is 4.31 Å². The van der Waals surface area contributed by atoms with Gasteiger partial charge in [0.25, 0.3) is 10.0 Å². The molecule has 0 aromatic carbocycles. The van der Waals surface area contributed by atoms with Crippen molar-refractivity contribution in [1.29, 1.82) is 0 Å². The highest BCUT2D eigenvalue weighted by Crippen LogP contribution is 2.29. The monoisotopic (exact) mass is 379 g/mol. The minimum atomic E-state index is -3.56. The quantitative estimate of drug-likeness (QED) is 0.857. The third kappa shape index (κ3) is 3.71. The van der Waals surface area contributed by atoms with Gasteiger partial charge in [0, 0.05) is 25.7 Å². The number of likely N-dealkylation sites (tertiary alicyclic amines) is 1. The number of sulfonamides is 1. The second-order valence-electron chi connectivity index (χ2n) is 5.87. The fraction of sp³-hybridized carbons (Fsp3) is 0.643. The van der Waals surface area contributed by atoms with E-state index in [0.717, 1.165) is 19.3 Å². The molecule has 0 radical (unpaired) electrons. The summed E-state index contributed by atoms with van der Waals surface area (Å²) in [6.45, 7) is 1.68. The van der Waals surface area contributed by atoms with Crippen LogP contribution < -0.4 is 5.73 Å². The molecule has 1 amide bonds. The standard InChI is InChI=1S/C14H21N3O3S2.ClH/c15-11-5-8-16(9-6-11)14(18)12-3-1-7-17(12)22(19,20)13-4-2-10-21-13;/h2,4,10-12H,1,3,5-9,15H2;1H. The fourth-order valence-electron chi connectivity index (χ4n) is 3.13. The van der Waals surface area contributed by atoms with Crippen molar-refractivity contribution in [2.45, 2.75) is 42.0 Å². The summed E-state index contributed by atoms with van der Waals surface area (Å²) in [4.78, 5) is 14.5. The summed E-state index contributed by atoms with van der Waals surface area (Å²) < 4.78 is 27.1. The molecule has 2 N–H and O–H groups in total. The Morgan fingerprint density at radius 1 is 1.22 bits per heavy atom. The van der Waals surface area contributed by atoms with Crippen molar-refractivity contribution in [2.24, 2.45) is 5.73 Å². The van der Waals surface area contributed by atoms with E-state index >= 15 is 0 Å². The largest absolute Gasteiger partial charge is 0.341 e. The molecule has 130 valence electrons. The van der Waals surface area contributed by atoms with Gasteiger partial charge in [0.05, 0.1) is 0 Å². The lowest BCUT2D eigenvalue weighted by atomic mass is 10.0. The van der Waals surface area contributed by atoms with Crippen LogP contribution in [0.3, 0.4) is 0 Å². The maximum Gasteiger partial charge on any atom is 0.253 e. The molecule has 6 nitrogen and oxygen atoms in total. The van der Waals surface area contributed by atoms with E-state index in [1.165, 1.54) is 15.6 Å². The Labute approximate surface area is 147 Å². The molecule has 2 aliphatic heterocycles. The number of hydrogen-bond donors (Lipinski definition) is 1. The molecule has 3 heterocycles. The Morgan fingerprint density at radius 3 is 2.52 bits per heavy atom. The second kappa shape index (κ2) is 7.48. The lowest BCUT2D eigenvalue weighted by Gasteiger charge is -2.34. The van der Waals surface area contributed by atoms with E-state index in [4.69, 9.17) is 5.73 Å². The molecule has 23 heavy (non-hydrogen) atoms. The third-order valence-corrected chi connectivity index (χ3v) is 7.68. The normalized spacial score (nSPS) is 23.7. The van der Waals surface area contributed by atoms with E-state index in [2.05, 4.69) is 0 Å². The van der Waals surface area contributed by atoms with Crippen LogP contribution in [0.25, 0.3) is 0 Å². The van der Waals surface area contributed by atoms with Crippen LogP contribution in [-0.4, -0.2) is 55.2 Å². The Kier molecular flexibility index (Phi) is 6.07. The van der Waals surface area contributed by atoms with Crippen molar-refractivity contribution in [1.82, 2.24) is 9.21 Å². The van der Waals surface area contributed by atoms with Gasteiger partial charge in [-0.05, 0) is 37.1 Å². The summed E-state index contributed by atoms with van der Waals surface area (Å²) in [5, 5.41) is 1.74. The van der Waals surface area contributed by atoms with Crippen molar-refractivity contribution in [3.63, 3.8) is 0 Å². The van der Waals surface area contributed by atoms with Crippen molar-refractivity contribution in [2.75, 3.05) is 19.6 Å². The fourth-order valence-corrected chi connectivity index (χ4v) is 5.90. The summed E-state index contributed by atoms with van der Waals surface area (Å²) in [5.74, 6) is -0.0652. The van der Waals surface area contributed by atoms with E-state index in [1.807, 2.05) is 0 Å². The van der Waals surface area contributed by atoms with Gasteiger partial charge in [-0.25, -0.2) is 8.42 Å². The summed E-state index contributed by atoms with van der Waals surface area (Å²) in [7, 11) is -3.56. The maximum absolute atomic E-state index is 12.7. The second-order valence-corrected chi connectivity index (χ2v) is 8.93. The average Bonchev–Trinajstić information content (AvgIpc) is 3.19. The first-order chi connectivity index (χ1) is 10.5. The molecule has 0 aliphatic carbocycles. The average molecular weight is 380 g/mol. The Morgan fingerprint density at radius 2 is 1.91 bits per heavy atom. The lowest BCUT2D eigenvalue weighted by molar-refractivity contribution is -0.135. The maximum atomic E-state index is 12.7. The van der Waals surface area contributed by atoms with Gasteiger partial charge in [-0.15, -0.1) is 23.7 Å². The molecule has 0 saturated carbocycles. The molecule has 1 aromatic heterocycles. The van der Waals surface area contributed by atoms with Gasteiger partial charge in [0.1, 0.15) is 10.3 Å². The summed E-state index contributed by atoms with van der Waals surface area (Å²) in [6, 6.07) is 2.91. The number of amides is 1. The van der Waals surface area contributed by atoms with E-state index in [-0.39, 0.29) is 24.4 Å². The van der Waals surface area contributed by atoms with Crippen molar-refractivity contribution in [3.8, 4) is 0 Å². The summed E-state index contributed by atoms with van der Waals surface area (Å²) in [5.41, 5.74) is 5.87. The lowest BCUT2D eigenvalue weighted by Crippen LogP contribution is -2.51. The summed E-state index contributed by atoms with van der Waals surface area (Å²) in [6.07, 6.45) is 2.91. The summed E-state index contributed by atoms with van der Waals surface area (Å²) >= 11 is 1.20. The minimum Gasteiger partial charge on any atom is -0.341 e. The van der Waals surface area contributed by atoms with Gasteiger partial charge in [-0.1, -0.05) is 6.07 Å². The highest BCUT2D eigenvalue weighted by atomic mass is 35.5. The number of thiophene rings is 1. The predicted octanol–water partition coefficient (Wildman–Crippen LogP) is 1.27. The highest BCUT2D eigenvalue weighted by Gasteiger charge is 2.41. The zero-order valence-corrected chi connectivity index (χ0v) is 15.2. The van der Waals surface area contributed by atoms with Crippen LogP contribution in [0.1, 0.15) is 25.7 Å². The molecule has 2 aliphatic rings. The van der Waals surface area contributed by atoms with Crippen LogP contribution in [-0.2, 0) is 14.8 Å². The van der Waals surface area contributed by atoms with Crippen LogP contribution in [0.4, 0.5) is 0 Å². The smallest absolute Gasteiger partial charge is 0.253 e. The molecule has 2 saturated heterocycles. The van der Waals surface area contributed by atoms with Crippen LogP contribution in [0.5, 0.6) is 0 Å². The first-order valence-corrected chi connectivity index (χ1v) is 9.92. The van der Waals surface area contributed by atoms with Crippen molar-refractivity contribution < 1.29 is 13.2 Å². The predicted molar refractivity (Wildman–Crippen MR) is 92.3 cm³/mol. The molecular weight excluding hydrogens is 358 g/mol. The van der Waals surface area contributed by atoms with Crippen molar-refractivity contribution >= 4 is 39.7 Å². The SMILES string of the molecule is Cl.NC1CCN(C(=O)C2CCCN2S(=O)(=O)c2cccs2)CC1. The minimum absolute atomic E-state index is 0. The molecule has 1 atom stereocenters. The van der Waals surface area contributed by atoms with Gasteiger partial charge >= 0.3 is 0 Å². The molecule has 3 rings (SSSR count). The van der Waals surface area contributed by atoms with Crippen LogP contribution in [0, 0.1) is 0 Å². The Hall–Kier alpha value is -0.670. The molecule has 9 heteroatoms. The number of carbonyl (C=O) groups excluding carboxylic acids is 1. The van der Waals surface area contributed by atoms with Crippen LogP contribution in [0.2, 0.25) is 0 Å². The first-order valence-electron chi connectivity index (χ1n) is 7.60. The number of hydrogen-bond acceptors (Lipinski definition) is 5. The number of carbonyl (C=O) groups is 1. The number of halogens is 1. The molecule has 1 aromatic rings. The molecule has 0 spiro atoms. The van der Waals surface area contributed by atoms with Gasteiger partial charge in [0.2, 0.25) is 5.91 Å². The molecule has 0 bridgehead atoms. The number of piperidine rings is 1. The molecular formula is C14H22ClN3O3S2. The van der Waals surface area contributed by atoms with E-state index in [9.17, 15) is 13.2 Å². The van der Waals surface area contributed by atoms with Crippen LogP contribution >= 0.6 is 23.7 Å². The van der Waals surface area contributed by atoms with E-state index in [1.54, 1.807) is 22.4 Å². The topological polar surface area (TPSA) is 83.7 Å². The Bertz CT molecular complexity index is 628. The van der Waals surface area contributed by atoms with E-state index < -0.39 is 16.1 Å². The number of rotatable bonds is 3. The van der Waals surface area contributed by atoms with Gasteiger partial charge in [-0.3, -0.25) is 4.79 Å². The first kappa shape index (κ1) is 18.7. The molecule has 1 unspecified atom stereocenters. The van der Waals surface area contributed by atoms with E-state index in [0.29, 0.717) is 30.3 Å².